The molecule has 2 rings (SSSR count). The van der Waals surface area contributed by atoms with Gasteiger partial charge in [0.25, 0.3) is 0 Å². The third-order valence-corrected chi connectivity index (χ3v) is 3.93. The van der Waals surface area contributed by atoms with Gasteiger partial charge in [-0.05, 0) is 29.1 Å². The number of carboxylic acids is 1. The molecule has 1 aromatic carbocycles. The molecule has 6 heteroatoms. The third-order valence-electron chi connectivity index (χ3n) is 2.36. The first-order valence-electron chi connectivity index (χ1n) is 5.07. The van der Waals surface area contributed by atoms with E-state index >= 15 is 0 Å². The quantitative estimate of drug-likeness (QED) is 0.882. The highest BCUT2D eigenvalue weighted by molar-refractivity contribution is 7.12. The van der Waals surface area contributed by atoms with Crippen molar-refractivity contribution < 1.29 is 9.90 Å². The van der Waals surface area contributed by atoms with Gasteiger partial charge in [-0.15, -0.1) is 11.3 Å². The van der Waals surface area contributed by atoms with Crippen molar-refractivity contribution in [3.63, 3.8) is 0 Å². The number of halogens is 2. The molecule has 0 radical (unpaired) electrons. The van der Waals surface area contributed by atoms with Crippen molar-refractivity contribution in [2.45, 2.75) is 6.54 Å². The maximum atomic E-state index is 11.0. The van der Waals surface area contributed by atoms with E-state index in [2.05, 4.69) is 5.32 Å². The van der Waals surface area contributed by atoms with E-state index in [0.29, 0.717) is 32.7 Å². The van der Waals surface area contributed by atoms with E-state index in [0.717, 1.165) is 0 Å². The maximum Gasteiger partial charge on any atom is 0.346 e. The molecule has 18 heavy (non-hydrogen) atoms. The lowest BCUT2D eigenvalue weighted by Crippen LogP contribution is -2.04. The number of carboxylic acid groups (broad SMARTS) is 1. The molecule has 1 aromatic heterocycles. The van der Waals surface area contributed by atoms with Crippen molar-refractivity contribution in [2.24, 2.45) is 0 Å². The minimum absolute atomic E-state index is 0.325. The van der Waals surface area contributed by atoms with Crippen molar-refractivity contribution in [3.05, 3.63) is 50.1 Å². The number of hydrogen-bond acceptors (Lipinski definition) is 3. The Hall–Kier alpha value is -1.23. The number of anilines is 1. The predicted molar refractivity (Wildman–Crippen MR) is 75.1 cm³/mol. The van der Waals surface area contributed by atoms with Gasteiger partial charge in [0.2, 0.25) is 0 Å². The average molecular weight is 302 g/mol. The average Bonchev–Trinajstić information content (AvgIpc) is 2.76. The normalized spacial score (nSPS) is 10.3. The monoisotopic (exact) mass is 301 g/mol. The highest BCUT2D eigenvalue weighted by Crippen LogP contribution is 2.30. The minimum atomic E-state index is -0.924. The summed E-state index contributed by atoms with van der Waals surface area (Å²) in [7, 11) is 0. The van der Waals surface area contributed by atoms with Crippen LogP contribution in [0.15, 0.2) is 29.6 Å². The van der Waals surface area contributed by atoms with Crippen LogP contribution in [-0.2, 0) is 6.54 Å². The summed E-state index contributed by atoms with van der Waals surface area (Å²) < 4.78 is 0. The molecule has 0 bridgehead atoms. The van der Waals surface area contributed by atoms with Crippen LogP contribution >= 0.6 is 34.5 Å². The molecule has 0 saturated heterocycles. The molecular weight excluding hydrogens is 293 g/mol. The molecule has 0 aliphatic carbocycles. The van der Waals surface area contributed by atoms with Crippen LogP contribution < -0.4 is 5.32 Å². The van der Waals surface area contributed by atoms with Gasteiger partial charge in [0.15, 0.2) is 0 Å². The molecular formula is C12H9Cl2NO2S. The van der Waals surface area contributed by atoms with Gasteiger partial charge in [0, 0.05) is 6.54 Å². The molecule has 0 saturated carbocycles. The number of thiophene rings is 1. The number of nitrogens with one attached hydrogen (secondary N) is 1. The van der Waals surface area contributed by atoms with Crippen molar-refractivity contribution in [1.29, 1.82) is 0 Å². The van der Waals surface area contributed by atoms with E-state index in [4.69, 9.17) is 28.3 Å². The van der Waals surface area contributed by atoms with Crippen LogP contribution in [-0.4, -0.2) is 11.1 Å². The molecule has 0 fully saturated rings. The first-order valence-corrected chi connectivity index (χ1v) is 6.70. The van der Waals surface area contributed by atoms with E-state index in [1.54, 1.807) is 29.6 Å². The summed E-state index contributed by atoms with van der Waals surface area (Å²) >= 11 is 13.2. The van der Waals surface area contributed by atoms with Gasteiger partial charge in [-0.25, -0.2) is 4.79 Å². The second-order valence-corrected chi connectivity index (χ2v) is 5.26. The molecule has 0 unspecified atom stereocenters. The van der Waals surface area contributed by atoms with Crippen LogP contribution in [0.3, 0.4) is 0 Å². The highest BCUT2D eigenvalue weighted by atomic mass is 35.5. The largest absolute Gasteiger partial charge is 0.477 e. The summed E-state index contributed by atoms with van der Waals surface area (Å²) in [6, 6.07) is 6.97. The Morgan fingerprint density at radius 3 is 2.56 bits per heavy atom. The second kappa shape index (κ2) is 5.61. The lowest BCUT2D eigenvalue weighted by molar-refractivity contribution is 0.0701. The van der Waals surface area contributed by atoms with Gasteiger partial charge < -0.3 is 10.4 Å². The molecule has 2 aromatic rings. The van der Waals surface area contributed by atoms with E-state index in [9.17, 15) is 4.79 Å². The lowest BCUT2D eigenvalue weighted by atomic mass is 10.2. The van der Waals surface area contributed by atoms with Gasteiger partial charge in [-0.2, -0.15) is 0 Å². The van der Waals surface area contributed by atoms with E-state index in [-0.39, 0.29) is 0 Å². The van der Waals surface area contributed by atoms with E-state index in [1.165, 1.54) is 11.3 Å². The van der Waals surface area contributed by atoms with Crippen LogP contribution in [0.1, 0.15) is 15.2 Å². The van der Waals surface area contributed by atoms with Gasteiger partial charge in [-0.1, -0.05) is 29.3 Å². The summed E-state index contributed by atoms with van der Waals surface area (Å²) in [5, 5.41) is 14.8. The fraction of sp³-hybridized carbons (Fsp3) is 0.0833. The number of rotatable bonds is 4. The van der Waals surface area contributed by atoms with Gasteiger partial charge in [0.05, 0.1) is 15.7 Å². The Bertz CT molecular complexity index is 563. The summed E-state index contributed by atoms with van der Waals surface area (Å²) in [4.78, 5) is 11.3. The zero-order valence-corrected chi connectivity index (χ0v) is 11.4. The Morgan fingerprint density at radius 2 is 1.94 bits per heavy atom. The van der Waals surface area contributed by atoms with Gasteiger partial charge in [-0.3, -0.25) is 0 Å². The summed E-state index contributed by atoms with van der Waals surface area (Å²) in [5.41, 5.74) is 1.33. The fourth-order valence-corrected chi connectivity index (χ4v) is 2.80. The van der Waals surface area contributed by atoms with Crippen LogP contribution in [0, 0.1) is 0 Å². The Labute approximate surface area is 118 Å². The SMILES string of the molecule is O=C(O)c1sccc1CNc1c(Cl)cccc1Cl. The van der Waals surface area contributed by atoms with E-state index < -0.39 is 5.97 Å². The molecule has 94 valence electrons. The molecule has 0 atom stereocenters. The summed E-state index contributed by atoms with van der Waals surface area (Å²) in [6.45, 7) is 0.370. The van der Waals surface area contributed by atoms with Crippen molar-refractivity contribution in [3.8, 4) is 0 Å². The smallest absolute Gasteiger partial charge is 0.346 e. The lowest BCUT2D eigenvalue weighted by Gasteiger charge is -2.09. The van der Waals surface area contributed by atoms with E-state index in [1.807, 2.05) is 0 Å². The maximum absolute atomic E-state index is 11.0. The number of para-hydroxylation sites is 1. The summed E-state index contributed by atoms with van der Waals surface area (Å²) in [6.07, 6.45) is 0. The molecule has 0 aliphatic heterocycles. The van der Waals surface area contributed by atoms with Crippen LogP contribution in [0.4, 0.5) is 5.69 Å². The Morgan fingerprint density at radius 1 is 1.28 bits per heavy atom. The number of aromatic carboxylic acids is 1. The Kier molecular flexibility index (Phi) is 4.11. The first kappa shape index (κ1) is 13.2. The number of carbonyl (C=O) groups is 1. The second-order valence-electron chi connectivity index (χ2n) is 3.53. The standard InChI is InChI=1S/C12H9Cl2NO2S/c13-8-2-1-3-9(14)10(8)15-6-7-4-5-18-11(7)12(16)17/h1-5,15H,6H2,(H,16,17). The molecule has 1 heterocycles. The van der Waals surface area contributed by atoms with Crippen LogP contribution in [0.5, 0.6) is 0 Å². The highest BCUT2D eigenvalue weighted by Gasteiger charge is 2.12. The molecule has 0 amide bonds. The first-order chi connectivity index (χ1) is 8.59. The van der Waals surface area contributed by atoms with Crippen LogP contribution in [0.25, 0.3) is 0 Å². The third kappa shape index (κ3) is 2.77. The molecule has 2 N–H and O–H groups in total. The van der Waals surface area contributed by atoms with Crippen molar-refractivity contribution in [2.75, 3.05) is 5.32 Å². The Balaban J connectivity index is 2.17. The molecule has 3 nitrogen and oxygen atoms in total. The minimum Gasteiger partial charge on any atom is -0.477 e. The van der Waals surface area contributed by atoms with Gasteiger partial charge >= 0.3 is 5.97 Å². The van der Waals surface area contributed by atoms with Gasteiger partial charge in [0.1, 0.15) is 4.88 Å². The number of hydrogen-bond donors (Lipinski definition) is 2. The fourth-order valence-electron chi connectivity index (χ4n) is 1.51. The molecule has 0 spiro atoms. The predicted octanol–water partition coefficient (Wildman–Crippen LogP) is 4.37. The van der Waals surface area contributed by atoms with Crippen molar-refractivity contribution in [1.82, 2.24) is 0 Å². The zero-order valence-electron chi connectivity index (χ0n) is 9.11. The number of benzene rings is 1. The summed E-state index contributed by atoms with van der Waals surface area (Å²) in [5.74, 6) is -0.924. The van der Waals surface area contributed by atoms with Crippen LogP contribution in [0.2, 0.25) is 10.0 Å². The van der Waals surface area contributed by atoms with Crippen molar-refractivity contribution >= 4 is 46.2 Å². The zero-order chi connectivity index (χ0) is 13.1. The topological polar surface area (TPSA) is 49.3 Å². The molecule has 0 aliphatic rings.